The van der Waals surface area contributed by atoms with Crippen LogP contribution in [0.3, 0.4) is 0 Å². The number of carbonyl (C=O) groups is 4. The summed E-state index contributed by atoms with van der Waals surface area (Å²) in [5.74, 6) is -0.451. The molecular weight excluding hydrogens is 526 g/mol. The molecule has 3 aromatic carbocycles. The molecule has 0 aliphatic carbocycles. The minimum atomic E-state index is -0.833. The summed E-state index contributed by atoms with van der Waals surface area (Å²) in [6, 6.07) is 23.3. The number of para-hydroxylation sites is 1. The maximum Gasteiger partial charge on any atom is 0.300 e. The number of nitrogens with zero attached hydrogens (tertiary/aromatic N) is 2. The Morgan fingerprint density at radius 1 is 0.878 bits per heavy atom. The van der Waals surface area contributed by atoms with Gasteiger partial charge in [0.05, 0.1) is 43.2 Å². The molecule has 6 rings (SSSR count). The van der Waals surface area contributed by atoms with E-state index < -0.39 is 12.1 Å². The van der Waals surface area contributed by atoms with E-state index in [9.17, 15) is 14.4 Å². The summed E-state index contributed by atoms with van der Waals surface area (Å²) >= 11 is 0. The lowest BCUT2D eigenvalue weighted by molar-refractivity contribution is -0.134. The zero-order chi connectivity index (χ0) is 29.1. The predicted octanol–water partition coefficient (Wildman–Crippen LogP) is 4.94. The quantitative estimate of drug-likeness (QED) is 0.321. The minimum Gasteiger partial charge on any atom is -0.496 e. The Morgan fingerprint density at radius 2 is 1.51 bits per heavy atom. The number of carboxylic acids is 1. The van der Waals surface area contributed by atoms with Gasteiger partial charge in [-0.05, 0) is 54.1 Å². The number of methoxy groups -OCH3 is 1. The van der Waals surface area contributed by atoms with Gasteiger partial charge >= 0.3 is 0 Å². The molecule has 10 heteroatoms. The summed E-state index contributed by atoms with van der Waals surface area (Å²) < 4.78 is 11.1. The minimum absolute atomic E-state index is 0.0405. The predicted molar refractivity (Wildman–Crippen MR) is 148 cm³/mol. The largest absolute Gasteiger partial charge is 0.496 e. The lowest BCUT2D eigenvalue weighted by atomic mass is 10.0. The Balaban J connectivity index is 0.000000794. The first-order valence-corrected chi connectivity index (χ1v) is 12.8. The number of amides is 3. The van der Waals surface area contributed by atoms with Crippen molar-refractivity contribution in [1.29, 1.82) is 0 Å². The van der Waals surface area contributed by atoms with Crippen molar-refractivity contribution in [1.82, 2.24) is 9.80 Å². The van der Waals surface area contributed by atoms with Crippen LogP contribution in [-0.2, 0) is 17.9 Å². The third kappa shape index (κ3) is 5.40. The summed E-state index contributed by atoms with van der Waals surface area (Å²) in [7, 11) is 1.54. The molecule has 208 valence electrons. The first-order chi connectivity index (χ1) is 19.8. The number of ether oxygens (including phenoxy) is 1. The molecule has 1 aromatic heterocycles. The van der Waals surface area contributed by atoms with E-state index in [0.717, 1.165) is 18.2 Å². The second kappa shape index (κ2) is 11.4. The molecule has 1 unspecified atom stereocenters. The number of nitrogens with one attached hydrogen (secondary N) is 1. The molecule has 0 saturated carbocycles. The van der Waals surface area contributed by atoms with Gasteiger partial charge in [-0.2, -0.15) is 0 Å². The van der Waals surface area contributed by atoms with Crippen molar-refractivity contribution in [3.05, 3.63) is 119 Å². The highest BCUT2D eigenvalue weighted by molar-refractivity contribution is 6.21. The van der Waals surface area contributed by atoms with Crippen LogP contribution in [0.25, 0.3) is 0 Å². The molecule has 0 spiro atoms. The van der Waals surface area contributed by atoms with Crippen LogP contribution in [0, 0.1) is 0 Å². The topological polar surface area (TPSA) is 129 Å². The number of rotatable bonds is 6. The number of fused-ring (bicyclic) bond motifs is 2. The Bertz CT molecular complexity index is 1590. The van der Waals surface area contributed by atoms with E-state index in [1.54, 1.807) is 60.7 Å². The molecule has 0 bridgehead atoms. The number of carbonyl (C=O) groups excluding carboxylic acids is 3. The number of carboxylic acid groups (broad SMARTS) is 1. The normalized spacial score (nSPS) is 15.5. The highest BCUT2D eigenvalue weighted by Gasteiger charge is 2.37. The van der Waals surface area contributed by atoms with Crippen molar-refractivity contribution in [3.8, 4) is 5.75 Å². The van der Waals surface area contributed by atoms with Crippen molar-refractivity contribution in [2.24, 2.45) is 0 Å². The lowest BCUT2D eigenvalue weighted by Gasteiger charge is -2.38. The van der Waals surface area contributed by atoms with E-state index in [-0.39, 0.29) is 30.8 Å². The van der Waals surface area contributed by atoms with Gasteiger partial charge in [0.2, 0.25) is 0 Å². The van der Waals surface area contributed by atoms with Gasteiger partial charge in [0.1, 0.15) is 17.7 Å². The Kier molecular flexibility index (Phi) is 7.55. The summed E-state index contributed by atoms with van der Waals surface area (Å²) in [5.41, 5.74) is 3.52. The number of imide groups is 1. The Hall–Kier alpha value is -5.38. The molecule has 0 radical (unpaired) electrons. The van der Waals surface area contributed by atoms with Gasteiger partial charge in [-0.15, -0.1) is 0 Å². The van der Waals surface area contributed by atoms with Crippen LogP contribution in [0.2, 0.25) is 0 Å². The van der Waals surface area contributed by atoms with Crippen molar-refractivity contribution < 1.29 is 33.4 Å². The van der Waals surface area contributed by atoms with Crippen molar-refractivity contribution in [3.63, 3.8) is 0 Å². The molecule has 10 nitrogen and oxygen atoms in total. The SMILES string of the molecule is CC(=O)O.COc1ccc(C2Nc3ccccc3C(=O)N2Cc2ccco2)cc1CN1C(=O)c2ccccc2C1=O. The van der Waals surface area contributed by atoms with Crippen LogP contribution in [0.15, 0.2) is 89.5 Å². The van der Waals surface area contributed by atoms with Gasteiger partial charge in [0.15, 0.2) is 0 Å². The van der Waals surface area contributed by atoms with Crippen molar-refractivity contribution in [2.45, 2.75) is 26.2 Å². The maximum absolute atomic E-state index is 13.5. The third-order valence-electron chi connectivity index (χ3n) is 6.76. The van der Waals surface area contributed by atoms with Gasteiger partial charge in [-0.25, -0.2) is 0 Å². The Morgan fingerprint density at radius 3 is 2.12 bits per heavy atom. The van der Waals surface area contributed by atoms with Crippen LogP contribution in [0.5, 0.6) is 5.75 Å². The van der Waals surface area contributed by atoms with Crippen LogP contribution < -0.4 is 10.1 Å². The van der Waals surface area contributed by atoms with E-state index in [1.807, 2.05) is 36.4 Å². The lowest BCUT2D eigenvalue weighted by Crippen LogP contribution is -2.42. The fourth-order valence-corrected chi connectivity index (χ4v) is 4.93. The van der Waals surface area contributed by atoms with Gasteiger partial charge in [0.25, 0.3) is 23.7 Å². The number of furan rings is 1. The number of benzene rings is 3. The summed E-state index contributed by atoms with van der Waals surface area (Å²) in [5, 5.41) is 10.9. The van der Waals surface area contributed by atoms with Crippen LogP contribution in [-0.4, -0.2) is 45.7 Å². The third-order valence-corrected chi connectivity index (χ3v) is 6.76. The van der Waals surface area contributed by atoms with E-state index in [2.05, 4.69) is 5.32 Å². The number of aliphatic carboxylic acids is 1. The second-order valence-corrected chi connectivity index (χ2v) is 9.44. The van der Waals surface area contributed by atoms with E-state index in [1.165, 1.54) is 4.90 Å². The molecule has 2 aliphatic heterocycles. The van der Waals surface area contributed by atoms with Gasteiger partial charge < -0.3 is 24.5 Å². The number of hydrogen-bond donors (Lipinski definition) is 2. The molecule has 2 aliphatic rings. The van der Waals surface area contributed by atoms with E-state index in [4.69, 9.17) is 19.1 Å². The average Bonchev–Trinajstić information content (AvgIpc) is 3.57. The summed E-state index contributed by atoms with van der Waals surface area (Å²) in [4.78, 5) is 51.5. The molecule has 1 atom stereocenters. The molecule has 3 heterocycles. The van der Waals surface area contributed by atoms with Crippen LogP contribution in [0.4, 0.5) is 5.69 Å². The van der Waals surface area contributed by atoms with Crippen LogP contribution >= 0.6 is 0 Å². The average molecular weight is 554 g/mol. The molecule has 41 heavy (non-hydrogen) atoms. The Labute approximate surface area is 235 Å². The fourth-order valence-electron chi connectivity index (χ4n) is 4.93. The molecule has 0 saturated heterocycles. The highest BCUT2D eigenvalue weighted by atomic mass is 16.5. The number of hydrogen-bond acceptors (Lipinski definition) is 7. The summed E-state index contributed by atoms with van der Waals surface area (Å²) in [6.07, 6.45) is 1.06. The van der Waals surface area contributed by atoms with Gasteiger partial charge in [-0.3, -0.25) is 24.1 Å². The van der Waals surface area contributed by atoms with Crippen LogP contribution in [0.1, 0.15) is 61.1 Å². The monoisotopic (exact) mass is 553 g/mol. The number of anilines is 1. The highest BCUT2D eigenvalue weighted by Crippen LogP contribution is 2.36. The molecule has 0 fully saturated rings. The molecule has 4 aromatic rings. The molecule has 3 amide bonds. The smallest absolute Gasteiger partial charge is 0.300 e. The zero-order valence-electron chi connectivity index (χ0n) is 22.4. The fraction of sp³-hybridized carbons (Fsp3) is 0.161. The molecular formula is C31H27N3O7. The maximum atomic E-state index is 13.5. The van der Waals surface area contributed by atoms with E-state index >= 15 is 0 Å². The first-order valence-electron chi connectivity index (χ1n) is 12.8. The van der Waals surface area contributed by atoms with E-state index in [0.29, 0.717) is 33.8 Å². The molecule has 2 N–H and O–H groups in total. The van der Waals surface area contributed by atoms with Gasteiger partial charge in [0, 0.05) is 18.2 Å². The zero-order valence-corrected chi connectivity index (χ0v) is 22.4. The van der Waals surface area contributed by atoms with Crippen molar-refractivity contribution >= 4 is 29.4 Å². The second-order valence-electron chi connectivity index (χ2n) is 9.44. The van der Waals surface area contributed by atoms with Crippen molar-refractivity contribution in [2.75, 3.05) is 12.4 Å². The standard InChI is InChI=1S/C29H23N3O5.C2H4O2/c1-36-25-13-12-18(15-19(25)16-32-27(33)21-8-2-3-9-22(21)28(32)34)26-30-24-11-5-4-10-23(24)29(35)31(26)17-20-7-6-14-37-20;1-2(3)4/h2-15,26,30H,16-17H2,1H3;1H3,(H,3,4). The van der Waals surface area contributed by atoms with Gasteiger partial charge in [-0.1, -0.05) is 30.3 Å². The first kappa shape index (κ1) is 27.2. The summed E-state index contributed by atoms with van der Waals surface area (Å²) in [6.45, 7) is 1.39.